The molecule has 3 atom stereocenters. The van der Waals surface area contributed by atoms with Gasteiger partial charge in [0.1, 0.15) is 0 Å². The topological polar surface area (TPSA) is 154 Å². The van der Waals surface area contributed by atoms with Gasteiger partial charge >= 0.3 is 0 Å². The Kier molecular flexibility index (Phi) is 10.4. The highest BCUT2D eigenvalue weighted by Crippen LogP contribution is 2.28. The van der Waals surface area contributed by atoms with Gasteiger partial charge in [0.2, 0.25) is 11.8 Å². The Morgan fingerprint density at radius 2 is 1.83 bits per heavy atom. The number of nitrogens with one attached hydrogen (secondary N) is 3. The number of aliphatic hydroxyl groups excluding tert-OH is 1. The Hall–Kier alpha value is -3.83. The van der Waals surface area contributed by atoms with E-state index in [-0.39, 0.29) is 35.7 Å². The molecule has 1 heterocycles. The third-order valence-electron chi connectivity index (χ3n) is 7.82. The van der Waals surface area contributed by atoms with Crippen LogP contribution in [0.1, 0.15) is 67.8 Å². The van der Waals surface area contributed by atoms with E-state index >= 15 is 0 Å². The molecule has 0 spiro atoms. The Balaban J connectivity index is 1.46. The number of aliphatic hydroxyl groups is 1. The molecule has 0 bridgehead atoms. The number of hydrogen-bond acceptors (Lipinski definition) is 7. The molecule has 0 radical (unpaired) electrons. The van der Waals surface area contributed by atoms with Crippen LogP contribution in [-0.2, 0) is 16.0 Å². The van der Waals surface area contributed by atoms with Crippen LogP contribution in [0.15, 0.2) is 48.5 Å². The van der Waals surface area contributed by atoms with E-state index in [9.17, 15) is 29.6 Å². The minimum atomic E-state index is -1.07. The van der Waals surface area contributed by atoms with Gasteiger partial charge < -0.3 is 26.0 Å². The van der Waals surface area contributed by atoms with Gasteiger partial charge in [-0.15, -0.1) is 0 Å². The summed E-state index contributed by atoms with van der Waals surface area (Å²) in [7, 11) is 0. The summed E-state index contributed by atoms with van der Waals surface area (Å²) in [5.74, 6) is -0.889. The molecule has 4 rings (SSSR count). The maximum absolute atomic E-state index is 13.4. The molecule has 2 aromatic rings. The molecule has 2 aromatic carbocycles. The fraction of sp³-hybridized carbons (Fsp3) is 0.500. The number of anilines is 1. The van der Waals surface area contributed by atoms with Crippen LogP contribution >= 0.6 is 0 Å². The molecule has 0 aromatic heterocycles. The second-order valence-electron chi connectivity index (χ2n) is 11.0. The van der Waals surface area contributed by atoms with Crippen molar-refractivity contribution in [2.45, 2.75) is 82.5 Å². The lowest BCUT2D eigenvalue weighted by Crippen LogP contribution is -2.53. The molecule has 0 unspecified atom stereocenters. The van der Waals surface area contributed by atoms with Crippen LogP contribution < -0.4 is 20.9 Å². The number of carbonyl (C=O) groups is 3. The lowest BCUT2D eigenvalue weighted by molar-refractivity contribution is -0.384. The SMILES string of the molecule is C[C@H](NC[C@H](O)[C@H](Cc1ccccc1)NC(=O)c1cc(N2CCCC2=O)cc([N+](=O)[O-])c1)C(=O)NC1CCCCC1. The fourth-order valence-electron chi connectivity index (χ4n) is 5.42. The zero-order valence-corrected chi connectivity index (χ0v) is 23.4. The number of rotatable bonds is 12. The highest BCUT2D eigenvalue weighted by molar-refractivity contribution is 6.00. The van der Waals surface area contributed by atoms with Crippen molar-refractivity contribution in [1.82, 2.24) is 16.0 Å². The first kappa shape index (κ1) is 30.1. The molecule has 220 valence electrons. The van der Waals surface area contributed by atoms with Gasteiger partial charge in [0.15, 0.2) is 0 Å². The fourth-order valence-corrected chi connectivity index (χ4v) is 5.42. The van der Waals surface area contributed by atoms with Crippen molar-refractivity contribution in [3.8, 4) is 0 Å². The van der Waals surface area contributed by atoms with Crippen LogP contribution in [-0.4, -0.2) is 65.1 Å². The molecule has 2 fully saturated rings. The van der Waals surface area contributed by atoms with Gasteiger partial charge in [-0.3, -0.25) is 24.5 Å². The predicted octanol–water partition coefficient (Wildman–Crippen LogP) is 2.85. The van der Waals surface area contributed by atoms with Gasteiger partial charge in [0, 0.05) is 43.2 Å². The Morgan fingerprint density at radius 3 is 2.49 bits per heavy atom. The number of hydrogen-bond donors (Lipinski definition) is 4. The van der Waals surface area contributed by atoms with Gasteiger partial charge in [0.05, 0.1) is 28.8 Å². The van der Waals surface area contributed by atoms with Gasteiger partial charge in [-0.05, 0) is 44.2 Å². The quantitative estimate of drug-likeness (QED) is 0.228. The molecule has 4 N–H and O–H groups in total. The Morgan fingerprint density at radius 1 is 1.10 bits per heavy atom. The lowest BCUT2D eigenvalue weighted by atomic mass is 9.95. The van der Waals surface area contributed by atoms with Gasteiger partial charge in [-0.2, -0.15) is 0 Å². The van der Waals surface area contributed by atoms with Gasteiger partial charge in [0.25, 0.3) is 11.6 Å². The van der Waals surface area contributed by atoms with E-state index in [0.717, 1.165) is 31.2 Å². The number of nitro benzene ring substituents is 1. The van der Waals surface area contributed by atoms with E-state index in [4.69, 9.17) is 0 Å². The summed E-state index contributed by atoms with van der Waals surface area (Å²) < 4.78 is 0. The first-order chi connectivity index (χ1) is 19.7. The van der Waals surface area contributed by atoms with Gasteiger partial charge in [-0.25, -0.2) is 0 Å². The van der Waals surface area contributed by atoms with Crippen molar-refractivity contribution in [2.75, 3.05) is 18.0 Å². The largest absolute Gasteiger partial charge is 0.390 e. The maximum Gasteiger partial charge on any atom is 0.272 e. The molecule has 11 nitrogen and oxygen atoms in total. The first-order valence-corrected chi connectivity index (χ1v) is 14.4. The number of nitro groups is 1. The van der Waals surface area contributed by atoms with E-state index in [2.05, 4.69) is 16.0 Å². The molecule has 1 aliphatic carbocycles. The summed E-state index contributed by atoms with van der Waals surface area (Å²) in [5, 5.41) is 31.8. The third-order valence-corrected chi connectivity index (χ3v) is 7.82. The normalized spacial score (nSPS) is 18.0. The summed E-state index contributed by atoms with van der Waals surface area (Å²) in [6.07, 6.45) is 5.55. The minimum absolute atomic E-state index is 0.0207. The standard InChI is InChI=1S/C30H39N5O6/c1-20(29(38)32-23-11-6-3-7-12-23)31-19-27(36)26(15-21-9-4-2-5-10-21)33-30(39)22-16-24(18-25(17-22)35(40)41)34-14-8-13-28(34)37/h2,4-5,9-10,16-18,20,23,26-27,31,36H,3,6-8,11-15,19H2,1H3,(H,32,38)(H,33,39)/t20-,26-,27-/m0/s1. The molecule has 3 amide bonds. The number of nitrogens with zero attached hydrogens (tertiary/aromatic N) is 2. The highest BCUT2D eigenvalue weighted by Gasteiger charge is 2.28. The Labute approximate surface area is 239 Å². The van der Waals surface area contributed by atoms with E-state index in [1.54, 1.807) is 6.92 Å². The maximum atomic E-state index is 13.4. The van der Waals surface area contributed by atoms with E-state index in [1.807, 2.05) is 30.3 Å². The monoisotopic (exact) mass is 565 g/mol. The zero-order chi connectivity index (χ0) is 29.4. The predicted molar refractivity (Wildman–Crippen MR) is 155 cm³/mol. The lowest BCUT2D eigenvalue weighted by Gasteiger charge is -2.27. The third kappa shape index (κ3) is 8.34. The summed E-state index contributed by atoms with van der Waals surface area (Å²) in [5.41, 5.74) is 0.896. The van der Waals surface area contributed by atoms with Crippen LogP contribution in [0, 0.1) is 10.1 Å². The van der Waals surface area contributed by atoms with Crippen LogP contribution in [0.5, 0.6) is 0 Å². The van der Waals surface area contributed by atoms with Crippen molar-refractivity contribution in [3.63, 3.8) is 0 Å². The van der Waals surface area contributed by atoms with Crippen LogP contribution in [0.25, 0.3) is 0 Å². The van der Waals surface area contributed by atoms with Crippen molar-refractivity contribution in [2.24, 2.45) is 0 Å². The highest BCUT2D eigenvalue weighted by atomic mass is 16.6. The smallest absolute Gasteiger partial charge is 0.272 e. The van der Waals surface area contributed by atoms with Crippen LogP contribution in [0.2, 0.25) is 0 Å². The van der Waals surface area contributed by atoms with Crippen LogP contribution in [0.4, 0.5) is 11.4 Å². The molecular formula is C30H39N5O6. The summed E-state index contributed by atoms with van der Waals surface area (Å²) in [4.78, 5) is 50.8. The van der Waals surface area contributed by atoms with E-state index in [0.29, 0.717) is 31.5 Å². The van der Waals surface area contributed by atoms with E-state index < -0.39 is 29.0 Å². The summed E-state index contributed by atoms with van der Waals surface area (Å²) in [6, 6.07) is 12.1. The molecule has 1 saturated carbocycles. The second-order valence-corrected chi connectivity index (χ2v) is 11.0. The van der Waals surface area contributed by atoms with Gasteiger partial charge in [-0.1, -0.05) is 49.6 Å². The average Bonchev–Trinajstić information content (AvgIpc) is 3.41. The van der Waals surface area contributed by atoms with Crippen LogP contribution in [0.3, 0.4) is 0 Å². The molecule has 1 saturated heterocycles. The first-order valence-electron chi connectivity index (χ1n) is 14.4. The second kappa shape index (κ2) is 14.2. The van der Waals surface area contributed by atoms with Crippen molar-refractivity contribution < 1.29 is 24.4 Å². The average molecular weight is 566 g/mol. The summed E-state index contributed by atoms with van der Waals surface area (Å²) >= 11 is 0. The zero-order valence-electron chi connectivity index (χ0n) is 23.4. The molecule has 2 aliphatic rings. The van der Waals surface area contributed by atoms with Crippen molar-refractivity contribution >= 4 is 29.1 Å². The Bertz CT molecular complexity index is 1230. The van der Waals surface area contributed by atoms with Crippen molar-refractivity contribution in [1.29, 1.82) is 0 Å². The molecule has 41 heavy (non-hydrogen) atoms. The number of carbonyl (C=O) groups excluding carboxylic acids is 3. The molecule has 1 aliphatic heterocycles. The van der Waals surface area contributed by atoms with E-state index in [1.165, 1.54) is 29.5 Å². The number of amides is 3. The summed E-state index contributed by atoms with van der Waals surface area (Å²) in [6.45, 7) is 2.20. The number of benzene rings is 2. The molecule has 11 heteroatoms. The molecular weight excluding hydrogens is 526 g/mol. The number of non-ortho nitro benzene ring substituents is 1. The minimum Gasteiger partial charge on any atom is -0.390 e. The van der Waals surface area contributed by atoms with Crippen molar-refractivity contribution in [3.05, 3.63) is 69.8 Å².